The molecule has 2 rings (SSSR count). The van der Waals surface area contributed by atoms with Crippen LogP contribution in [0.5, 0.6) is 0 Å². The van der Waals surface area contributed by atoms with Gasteiger partial charge in [0.2, 0.25) is 10.0 Å². The summed E-state index contributed by atoms with van der Waals surface area (Å²) in [4.78, 5) is 0. The van der Waals surface area contributed by atoms with E-state index in [4.69, 9.17) is 0 Å². The lowest BCUT2D eigenvalue weighted by molar-refractivity contribution is 0.375. The maximum atomic E-state index is 12.5. The van der Waals surface area contributed by atoms with Crippen molar-refractivity contribution in [3.05, 3.63) is 35.4 Å². The predicted octanol–water partition coefficient (Wildman–Crippen LogP) is 1.97. The number of hydrogen-bond acceptors (Lipinski definition) is 3. The highest BCUT2D eigenvalue weighted by atomic mass is 32.2. The Bertz CT molecular complexity index is 567. The monoisotopic (exact) mass is 296 g/mol. The Morgan fingerprint density at radius 3 is 2.60 bits per heavy atom. The minimum absolute atomic E-state index is 0.0979. The zero-order valence-corrected chi connectivity index (χ0v) is 13.3. The third-order valence-electron chi connectivity index (χ3n) is 3.76. The maximum absolute atomic E-state index is 12.5. The molecule has 1 heterocycles. The van der Waals surface area contributed by atoms with Gasteiger partial charge in [-0.25, -0.2) is 12.7 Å². The van der Waals surface area contributed by atoms with Gasteiger partial charge < -0.3 is 5.32 Å². The molecule has 0 amide bonds. The van der Waals surface area contributed by atoms with Gasteiger partial charge in [-0.3, -0.25) is 0 Å². The number of nitrogens with zero attached hydrogens (tertiary/aromatic N) is 1. The highest BCUT2D eigenvalue weighted by Gasteiger charge is 2.35. The van der Waals surface area contributed by atoms with E-state index in [-0.39, 0.29) is 11.2 Å². The van der Waals surface area contributed by atoms with Gasteiger partial charge in [-0.2, -0.15) is 0 Å². The van der Waals surface area contributed by atoms with Crippen LogP contribution < -0.4 is 5.32 Å². The van der Waals surface area contributed by atoms with E-state index in [1.165, 1.54) is 0 Å². The highest BCUT2D eigenvalue weighted by molar-refractivity contribution is 7.88. The van der Waals surface area contributed by atoms with Gasteiger partial charge in [-0.05, 0) is 30.0 Å². The Morgan fingerprint density at radius 2 is 2.00 bits per heavy atom. The summed E-state index contributed by atoms with van der Waals surface area (Å²) in [7, 11) is -1.32. The molecule has 1 fully saturated rings. The number of hydrogen-bond donors (Lipinski definition) is 1. The number of sulfonamides is 1. The molecule has 0 radical (unpaired) electrons. The van der Waals surface area contributed by atoms with E-state index < -0.39 is 10.0 Å². The smallest absolute Gasteiger partial charge is 0.218 e. The molecule has 4 nitrogen and oxygen atoms in total. The SMILES string of the molecule is CNCc1cccc(CS(=O)(=O)N2CCC(C)(C)C2)c1. The standard InChI is InChI=1S/C15H24N2O2S/c1-15(2)7-8-17(12-15)20(18,19)11-14-6-4-5-13(9-14)10-16-3/h4-6,9,16H,7-8,10-12H2,1-3H3. The topological polar surface area (TPSA) is 49.4 Å². The second kappa shape index (κ2) is 5.84. The average Bonchev–Trinajstić information content (AvgIpc) is 2.71. The number of rotatable bonds is 5. The lowest BCUT2D eigenvalue weighted by atomic mass is 9.93. The third kappa shape index (κ3) is 3.81. The van der Waals surface area contributed by atoms with Crippen LogP contribution in [0.1, 0.15) is 31.4 Å². The fraction of sp³-hybridized carbons (Fsp3) is 0.600. The van der Waals surface area contributed by atoms with Gasteiger partial charge in [-0.15, -0.1) is 0 Å². The molecule has 112 valence electrons. The Morgan fingerprint density at radius 1 is 1.30 bits per heavy atom. The van der Waals surface area contributed by atoms with Gasteiger partial charge in [0.25, 0.3) is 0 Å². The minimum Gasteiger partial charge on any atom is -0.316 e. The summed E-state index contributed by atoms with van der Waals surface area (Å²) >= 11 is 0. The van der Waals surface area contributed by atoms with Crippen molar-refractivity contribution in [2.45, 2.75) is 32.6 Å². The molecule has 0 aromatic heterocycles. The van der Waals surface area contributed by atoms with Gasteiger partial charge in [0.15, 0.2) is 0 Å². The molecule has 5 heteroatoms. The lowest BCUT2D eigenvalue weighted by Crippen LogP contribution is -2.31. The fourth-order valence-electron chi connectivity index (χ4n) is 2.64. The summed E-state index contributed by atoms with van der Waals surface area (Å²) in [6.07, 6.45) is 0.937. The van der Waals surface area contributed by atoms with E-state index in [9.17, 15) is 8.42 Å². The van der Waals surface area contributed by atoms with Crippen LogP contribution in [0.2, 0.25) is 0 Å². The van der Waals surface area contributed by atoms with Crippen LogP contribution in [0.15, 0.2) is 24.3 Å². The highest BCUT2D eigenvalue weighted by Crippen LogP contribution is 2.31. The van der Waals surface area contributed by atoms with E-state index in [1.807, 2.05) is 31.3 Å². The summed E-state index contributed by atoms with van der Waals surface area (Å²) in [5, 5.41) is 3.08. The van der Waals surface area contributed by atoms with Gasteiger partial charge in [0, 0.05) is 19.6 Å². The van der Waals surface area contributed by atoms with Crippen molar-refractivity contribution in [3.8, 4) is 0 Å². The molecule has 0 aliphatic carbocycles. The molecule has 1 saturated heterocycles. The van der Waals surface area contributed by atoms with E-state index >= 15 is 0 Å². The van der Waals surface area contributed by atoms with Crippen molar-refractivity contribution >= 4 is 10.0 Å². The molecule has 20 heavy (non-hydrogen) atoms. The van der Waals surface area contributed by atoms with Crippen LogP contribution >= 0.6 is 0 Å². The van der Waals surface area contributed by atoms with Crippen LogP contribution in [0.3, 0.4) is 0 Å². The van der Waals surface area contributed by atoms with Crippen LogP contribution in [-0.2, 0) is 22.3 Å². The molecule has 0 spiro atoms. The van der Waals surface area contributed by atoms with Crippen LogP contribution in [0.25, 0.3) is 0 Å². The summed E-state index contributed by atoms with van der Waals surface area (Å²) in [5.74, 6) is 0.0979. The molecule has 1 aliphatic rings. The summed E-state index contributed by atoms with van der Waals surface area (Å²) in [5.41, 5.74) is 2.07. The molecule has 0 atom stereocenters. The summed E-state index contributed by atoms with van der Waals surface area (Å²) in [6, 6.07) is 7.78. The van der Waals surface area contributed by atoms with Crippen molar-refractivity contribution in [2.24, 2.45) is 5.41 Å². The Balaban J connectivity index is 2.10. The van der Waals surface area contributed by atoms with Crippen molar-refractivity contribution in [3.63, 3.8) is 0 Å². The van der Waals surface area contributed by atoms with Crippen LogP contribution in [0.4, 0.5) is 0 Å². The van der Waals surface area contributed by atoms with Crippen LogP contribution in [0, 0.1) is 5.41 Å². The first kappa shape index (κ1) is 15.5. The van der Waals surface area contributed by atoms with Crippen molar-refractivity contribution < 1.29 is 8.42 Å². The third-order valence-corrected chi connectivity index (χ3v) is 5.55. The molecule has 1 N–H and O–H groups in total. The summed E-state index contributed by atoms with van der Waals surface area (Å²) < 4.78 is 26.6. The van der Waals surface area contributed by atoms with Gasteiger partial charge in [0.05, 0.1) is 5.75 Å². The van der Waals surface area contributed by atoms with Gasteiger partial charge >= 0.3 is 0 Å². The molecule has 1 aliphatic heterocycles. The first-order chi connectivity index (χ1) is 9.32. The van der Waals surface area contributed by atoms with Gasteiger partial charge in [0.1, 0.15) is 0 Å². The fourth-order valence-corrected chi connectivity index (χ4v) is 4.33. The Hall–Kier alpha value is -0.910. The second-order valence-corrected chi connectivity index (χ2v) is 8.32. The van der Waals surface area contributed by atoms with Gasteiger partial charge in [-0.1, -0.05) is 38.1 Å². The lowest BCUT2D eigenvalue weighted by Gasteiger charge is -2.19. The zero-order chi connectivity index (χ0) is 14.8. The second-order valence-electron chi connectivity index (χ2n) is 6.35. The first-order valence-electron chi connectivity index (χ1n) is 7.03. The Labute approximate surface area is 122 Å². The molecular formula is C15H24N2O2S. The normalized spacial score (nSPS) is 19.4. The average molecular weight is 296 g/mol. The maximum Gasteiger partial charge on any atom is 0.218 e. The van der Waals surface area contributed by atoms with Crippen LogP contribution in [-0.4, -0.2) is 32.9 Å². The summed E-state index contributed by atoms with van der Waals surface area (Å²) in [6.45, 7) is 6.27. The molecular weight excluding hydrogens is 272 g/mol. The molecule has 1 aromatic rings. The molecule has 1 aromatic carbocycles. The van der Waals surface area contributed by atoms with E-state index in [1.54, 1.807) is 4.31 Å². The van der Waals surface area contributed by atoms with E-state index in [0.717, 1.165) is 24.1 Å². The molecule has 0 bridgehead atoms. The quantitative estimate of drug-likeness (QED) is 0.904. The molecule has 0 saturated carbocycles. The predicted molar refractivity (Wildman–Crippen MR) is 81.8 cm³/mol. The largest absolute Gasteiger partial charge is 0.316 e. The minimum atomic E-state index is -3.20. The number of benzene rings is 1. The first-order valence-corrected chi connectivity index (χ1v) is 8.64. The molecule has 0 unspecified atom stereocenters. The van der Waals surface area contributed by atoms with E-state index in [2.05, 4.69) is 19.2 Å². The zero-order valence-electron chi connectivity index (χ0n) is 12.5. The number of nitrogens with one attached hydrogen (secondary N) is 1. The Kier molecular flexibility index (Phi) is 4.52. The van der Waals surface area contributed by atoms with Crippen molar-refractivity contribution in [1.29, 1.82) is 0 Å². The van der Waals surface area contributed by atoms with Crippen molar-refractivity contribution in [1.82, 2.24) is 9.62 Å². The van der Waals surface area contributed by atoms with E-state index in [0.29, 0.717) is 13.1 Å². The van der Waals surface area contributed by atoms with Crippen molar-refractivity contribution in [2.75, 3.05) is 20.1 Å².